The molecule has 0 radical (unpaired) electrons. The number of rotatable bonds is 7. The Kier molecular flexibility index (Phi) is 6.21. The van der Waals surface area contributed by atoms with Gasteiger partial charge in [0, 0.05) is 32.3 Å². The molecule has 0 spiro atoms. The first kappa shape index (κ1) is 16.0. The van der Waals surface area contributed by atoms with E-state index in [1.165, 1.54) is 11.1 Å². The van der Waals surface area contributed by atoms with Crippen molar-refractivity contribution in [3.63, 3.8) is 0 Å². The number of fused-ring (bicyclic) bond motifs is 1. The summed E-state index contributed by atoms with van der Waals surface area (Å²) >= 11 is 0. The zero-order valence-corrected chi connectivity index (χ0v) is 13.1. The van der Waals surface area contributed by atoms with Crippen LogP contribution < -0.4 is 5.32 Å². The van der Waals surface area contributed by atoms with E-state index in [4.69, 9.17) is 4.74 Å². The van der Waals surface area contributed by atoms with Crippen LogP contribution in [0.5, 0.6) is 0 Å². The molecule has 0 bridgehead atoms. The number of hydrogen-bond donors (Lipinski definition) is 1. The number of ether oxygens (including phenoxy) is 1. The Morgan fingerprint density at radius 2 is 2.14 bits per heavy atom. The largest absolute Gasteiger partial charge is 0.372 e. The van der Waals surface area contributed by atoms with E-state index in [9.17, 15) is 4.79 Å². The van der Waals surface area contributed by atoms with Gasteiger partial charge in [0.05, 0.1) is 0 Å². The predicted molar refractivity (Wildman–Crippen MR) is 84.1 cm³/mol. The number of nitrogens with zero attached hydrogens (tertiary/aromatic N) is 1. The average Bonchev–Trinajstić information content (AvgIpc) is 2.52. The van der Waals surface area contributed by atoms with E-state index in [1.807, 2.05) is 6.92 Å². The number of benzene rings is 1. The van der Waals surface area contributed by atoms with Crippen molar-refractivity contribution in [2.75, 3.05) is 26.3 Å². The highest BCUT2D eigenvalue weighted by Crippen LogP contribution is 2.19. The highest BCUT2D eigenvalue weighted by atomic mass is 16.5. The SMILES string of the molecule is CCCOCC(=O)NC[C@H](C)N1CCc2ccccc2C1. The van der Waals surface area contributed by atoms with Gasteiger partial charge in [-0.25, -0.2) is 0 Å². The molecule has 116 valence electrons. The highest BCUT2D eigenvalue weighted by molar-refractivity contribution is 5.77. The second-order valence-electron chi connectivity index (χ2n) is 5.69. The van der Waals surface area contributed by atoms with Crippen LogP contribution in [0.1, 0.15) is 31.4 Å². The lowest BCUT2D eigenvalue weighted by Gasteiger charge is -2.33. The molecule has 0 fully saturated rings. The van der Waals surface area contributed by atoms with Crippen LogP contribution in [-0.4, -0.2) is 43.2 Å². The molecule has 21 heavy (non-hydrogen) atoms. The fraction of sp³-hybridized carbons (Fsp3) is 0.588. The minimum Gasteiger partial charge on any atom is -0.372 e. The van der Waals surface area contributed by atoms with E-state index in [-0.39, 0.29) is 12.5 Å². The molecule has 1 heterocycles. The van der Waals surface area contributed by atoms with Crippen molar-refractivity contribution < 1.29 is 9.53 Å². The third-order valence-corrected chi connectivity index (χ3v) is 3.96. The summed E-state index contributed by atoms with van der Waals surface area (Å²) in [4.78, 5) is 14.1. The van der Waals surface area contributed by atoms with Crippen molar-refractivity contribution in [3.05, 3.63) is 35.4 Å². The van der Waals surface area contributed by atoms with Crippen molar-refractivity contribution in [3.8, 4) is 0 Å². The fourth-order valence-corrected chi connectivity index (χ4v) is 2.64. The molecule has 0 unspecified atom stereocenters. The van der Waals surface area contributed by atoms with Crippen LogP contribution in [0.4, 0.5) is 0 Å². The Bertz CT molecular complexity index is 462. The Morgan fingerprint density at radius 3 is 2.90 bits per heavy atom. The van der Waals surface area contributed by atoms with Gasteiger partial charge in [-0.05, 0) is 30.9 Å². The van der Waals surface area contributed by atoms with Gasteiger partial charge in [0.1, 0.15) is 6.61 Å². The maximum atomic E-state index is 11.6. The summed E-state index contributed by atoms with van der Waals surface area (Å²) in [5.74, 6) is -0.0206. The minimum atomic E-state index is -0.0206. The quantitative estimate of drug-likeness (QED) is 0.781. The van der Waals surface area contributed by atoms with Gasteiger partial charge in [0.25, 0.3) is 0 Å². The van der Waals surface area contributed by atoms with Gasteiger partial charge in [0.2, 0.25) is 5.91 Å². The molecule has 1 atom stereocenters. The lowest BCUT2D eigenvalue weighted by Crippen LogP contribution is -2.45. The third kappa shape index (κ3) is 4.83. The average molecular weight is 290 g/mol. The number of carbonyl (C=O) groups excluding carboxylic acids is 1. The number of carbonyl (C=O) groups is 1. The van der Waals surface area contributed by atoms with Gasteiger partial charge in [-0.3, -0.25) is 9.69 Å². The lowest BCUT2D eigenvalue weighted by atomic mass is 9.99. The molecule has 4 nitrogen and oxygen atoms in total. The molecule has 1 aliphatic heterocycles. The van der Waals surface area contributed by atoms with Crippen LogP contribution in [0.2, 0.25) is 0 Å². The van der Waals surface area contributed by atoms with E-state index >= 15 is 0 Å². The van der Waals surface area contributed by atoms with Crippen molar-refractivity contribution in [1.29, 1.82) is 0 Å². The molecular weight excluding hydrogens is 264 g/mol. The normalized spacial score (nSPS) is 16.3. The third-order valence-electron chi connectivity index (χ3n) is 3.96. The van der Waals surface area contributed by atoms with Gasteiger partial charge < -0.3 is 10.1 Å². The Hall–Kier alpha value is -1.39. The molecule has 0 aromatic heterocycles. The van der Waals surface area contributed by atoms with E-state index in [2.05, 4.69) is 41.4 Å². The second-order valence-corrected chi connectivity index (χ2v) is 5.69. The number of hydrogen-bond acceptors (Lipinski definition) is 3. The zero-order chi connectivity index (χ0) is 15.1. The van der Waals surface area contributed by atoms with Crippen molar-refractivity contribution in [2.45, 2.75) is 39.3 Å². The lowest BCUT2D eigenvalue weighted by molar-refractivity contribution is -0.125. The molecule has 0 aliphatic carbocycles. The van der Waals surface area contributed by atoms with Gasteiger partial charge in [0.15, 0.2) is 0 Å². The predicted octanol–water partition coefficient (Wildman–Crippen LogP) is 1.98. The maximum absolute atomic E-state index is 11.6. The smallest absolute Gasteiger partial charge is 0.246 e. The highest BCUT2D eigenvalue weighted by Gasteiger charge is 2.20. The van der Waals surface area contributed by atoms with Crippen LogP contribution in [0, 0.1) is 0 Å². The van der Waals surface area contributed by atoms with Crippen LogP contribution in [0.15, 0.2) is 24.3 Å². The second kappa shape index (κ2) is 8.15. The summed E-state index contributed by atoms with van der Waals surface area (Å²) in [5.41, 5.74) is 2.87. The Balaban J connectivity index is 1.74. The van der Waals surface area contributed by atoms with Gasteiger partial charge in [-0.15, -0.1) is 0 Å². The summed E-state index contributed by atoms with van der Waals surface area (Å²) in [5, 5.41) is 2.96. The van der Waals surface area contributed by atoms with Gasteiger partial charge >= 0.3 is 0 Å². The summed E-state index contributed by atoms with van der Waals surface area (Å²) < 4.78 is 5.24. The molecule has 1 N–H and O–H groups in total. The van der Waals surface area contributed by atoms with Gasteiger partial charge in [-0.2, -0.15) is 0 Å². The standard InChI is InChI=1S/C17H26N2O2/c1-3-10-21-13-17(20)18-11-14(2)19-9-8-15-6-4-5-7-16(15)12-19/h4-7,14H,3,8-13H2,1-2H3,(H,18,20)/t14-/m0/s1. The topological polar surface area (TPSA) is 41.6 Å². The first-order valence-corrected chi connectivity index (χ1v) is 7.86. The van der Waals surface area contributed by atoms with Crippen LogP contribution in [0.25, 0.3) is 0 Å². The first-order valence-electron chi connectivity index (χ1n) is 7.86. The summed E-state index contributed by atoms with van der Waals surface area (Å²) in [7, 11) is 0. The summed E-state index contributed by atoms with van der Waals surface area (Å²) in [6.45, 7) is 7.72. The van der Waals surface area contributed by atoms with Crippen molar-refractivity contribution in [1.82, 2.24) is 10.2 Å². The molecular formula is C17H26N2O2. The Morgan fingerprint density at radius 1 is 1.38 bits per heavy atom. The summed E-state index contributed by atoms with van der Waals surface area (Å²) in [6.07, 6.45) is 2.03. The molecule has 1 aliphatic rings. The van der Waals surface area contributed by atoms with Crippen molar-refractivity contribution >= 4 is 5.91 Å². The molecule has 1 aromatic rings. The monoisotopic (exact) mass is 290 g/mol. The van der Waals surface area contributed by atoms with Crippen LogP contribution in [-0.2, 0) is 22.5 Å². The van der Waals surface area contributed by atoms with E-state index in [0.29, 0.717) is 19.2 Å². The zero-order valence-electron chi connectivity index (χ0n) is 13.1. The van der Waals surface area contributed by atoms with E-state index < -0.39 is 0 Å². The molecule has 4 heteroatoms. The van der Waals surface area contributed by atoms with Gasteiger partial charge in [-0.1, -0.05) is 31.2 Å². The maximum Gasteiger partial charge on any atom is 0.246 e. The Labute approximate surface area is 127 Å². The van der Waals surface area contributed by atoms with Crippen molar-refractivity contribution in [2.24, 2.45) is 0 Å². The minimum absolute atomic E-state index is 0.0206. The molecule has 1 amide bonds. The fourth-order valence-electron chi connectivity index (χ4n) is 2.64. The van der Waals surface area contributed by atoms with E-state index in [0.717, 1.165) is 25.9 Å². The van der Waals surface area contributed by atoms with Crippen LogP contribution >= 0.6 is 0 Å². The molecule has 0 saturated carbocycles. The summed E-state index contributed by atoms with van der Waals surface area (Å²) in [6, 6.07) is 8.96. The molecule has 2 rings (SSSR count). The molecule has 1 aromatic carbocycles. The van der Waals surface area contributed by atoms with Crippen LogP contribution in [0.3, 0.4) is 0 Å². The number of amides is 1. The first-order chi connectivity index (χ1) is 10.2. The van der Waals surface area contributed by atoms with E-state index in [1.54, 1.807) is 0 Å². The molecule has 0 saturated heterocycles. The number of nitrogens with one attached hydrogen (secondary N) is 1.